The van der Waals surface area contributed by atoms with Crippen LogP contribution in [0.3, 0.4) is 0 Å². The Morgan fingerprint density at radius 3 is 2.20 bits per heavy atom. The van der Waals surface area contributed by atoms with Crippen LogP contribution < -0.4 is 0 Å². The third kappa shape index (κ3) is 3.79. The molecular formula is C14H28O. The molecule has 0 aromatic carbocycles. The summed E-state index contributed by atoms with van der Waals surface area (Å²) in [6, 6.07) is 0. The minimum absolute atomic E-state index is 0.0439. The van der Waals surface area contributed by atoms with E-state index in [1.165, 1.54) is 38.5 Å². The van der Waals surface area contributed by atoms with Gasteiger partial charge in [-0.15, -0.1) is 0 Å². The van der Waals surface area contributed by atoms with Crippen LogP contribution in [0.1, 0.15) is 65.7 Å². The van der Waals surface area contributed by atoms with E-state index in [-0.39, 0.29) is 6.10 Å². The molecule has 0 aliphatic heterocycles. The first kappa shape index (κ1) is 13.0. The highest BCUT2D eigenvalue weighted by Gasteiger charge is 2.28. The van der Waals surface area contributed by atoms with E-state index in [1.54, 1.807) is 0 Å². The Balaban J connectivity index is 2.30. The van der Waals surface area contributed by atoms with E-state index in [0.29, 0.717) is 11.8 Å². The molecule has 90 valence electrons. The SMILES string of the molecule is CCCC1CCC(C(O)C(C)CC)CC1. The van der Waals surface area contributed by atoms with Gasteiger partial charge in [0.15, 0.2) is 0 Å². The second-order valence-electron chi connectivity index (χ2n) is 5.45. The first-order valence-electron chi connectivity index (χ1n) is 6.87. The van der Waals surface area contributed by atoms with E-state index < -0.39 is 0 Å². The van der Waals surface area contributed by atoms with Crippen LogP contribution in [0.15, 0.2) is 0 Å². The molecule has 2 atom stereocenters. The van der Waals surface area contributed by atoms with E-state index >= 15 is 0 Å². The number of aliphatic hydroxyl groups is 1. The van der Waals surface area contributed by atoms with Crippen molar-refractivity contribution in [3.05, 3.63) is 0 Å². The smallest absolute Gasteiger partial charge is 0.0593 e. The molecule has 0 aromatic rings. The molecule has 1 aliphatic rings. The van der Waals surface area contributed by atoms with E-state index in [1.807, 2.05) is 0 Å². The minimum atomic E-state index is -0.0439. The van der Waals surface area contributed by atoms with Crippen molar-refractivity contribution in [3.8, 4) is 0 Å². The summed E-state index contributed by atoms with van der Waals surface area (Å²) >= 11 is 0. The number of rotatable bonds is 5. The highest BCUT2D eigenvalue weighted by Crippen LogP contribution is 2.35. The molecule has 1 nitrogen and oxygen atoms in total. The highest BCUT2D eigenvalue weighted by atomic mass is 16.3. The first-order chi connectivity index (χ1) is 7.19. The summed E-state index contributed by atoms with van der Waals surface area (Å²) < 4.78 is 0. The fourth-order valence-electron chi connectivity index (χ4n) is 2.93. The van der Waals surface area contributed by atoms with E-state index in [4.69, 9.17) is 0 Å². The van der Waals surface area contributed by atoms with E-state index in [9.17, 15) is 5.11 Å². The summed E-state index contributed by atoms with van der Waals surface area (Å²) in [5.41, 5.74) is 0. The van der Waals surface area contributed by atoms with Crippen LogP contribution in [0, 0.1) is 17.8 Å². The molecule has 1 heteroatoms. The van der Waals surface area contributed by atoms with Gasteiger partial charge in [0, 0.05) is 0 Å². The Morgan fingerprint density at radius 1 is 1.13 bits per heavy atom. The lowest BCUT2D eigenvalue weighted by molar-refractivity contribution is 0.0300. The van der Waals surface area contributed by atoms with Gasteiger partial charge in [-0.05, 0) is 30.6 Å². The second-order valence-corrected chi connectivity index (χ2v) is 5.45. The summed E-state index contributed by atoms with van der Waals surface area (Å²) in [6.07, 6.45) is 9.01. The molecule has 2 unspecified atom stereocenters. The maximum atomic E-state index is 10.2. The number of hydrogen-bond acceptors (Lipinski definition) is 1. The normalized spacial score (nSPS) is 31.2. The van der Waals surface area contributed by atoms with Gasteiger partial charge in [0.2, 0.25) is 0 Å². The largest absolute Gasteiger partial charge is 0.393 e. The van der Waals surface area contributed by atoms with Gasteiger partial charge in [0.25, 0.3) is 0 Å². The quantitative estimate of drug-likeness (QED) is 0.730. The van der Waals surface area contributed by atoms with Crippen LogP contribution in [0.2, 0.25) is 0 Å². The standard InChI is InChI=1S/C14H28O/c1-4-6-12-7-9-13(10-8-12)14(15)11(3)5-2/h11-15H,4-10H2,1-3H3. The van der Waals surface area contributed by atoms with Gasteiger partial charge in [-0.2, -0.15) is 0 Å². The maximum absolute atomic E-state index is 10.2. The van der Waals surface area contributed by atoms with Crippen molar-refractivity contribution in [1.29, 1.82) is 0 Å². The third-order valence-electron chi connectivity index (χ3n) is 4.30. The van der Waals surface area contributed by atoms with Crippen LogP contribution in [0.25, 0.3) is 0 Å². The molecule has 0 saturated heterocycles. The Kier molecular flexibility index (Phi) is 5.66. The molecule has 0 amide bonds. The summed E-state index contributed by atoms with van der Waals surface area (Å²) in [7, 11) is 0. The molecule has 1 aliphatic carbocycles. The Labute approximate surface area is 95.3 Å². The lowest BCUT2D eigenvalue weighted by atomic mass is 9.75. The highest BCUT2D eigenvalue weighted by molar-refractivity contribution is 4.79. The van der Waals surface area contributed by atoms with Gasteiger partial charge < -0.3 is 5.11 Å². The fraction of sp³-hybridized carbons (Fsp3) is 1.00. The fourth-order valence-corrected chi connectivity index (χ4v) is 2.93. The Hall–Kier alpha value is -0.0400. The Bertz CT molecular complexity index is 159. The predicted molar refractivity (Wildman–Crippen MR) is 65.8 cm³/mol. The van der Waals surface area contributed by atoms with Crippen molar-refractivity contribution in [2.24, 2.45) is 17.8 Å². The van der Waals surface area contributed by atoms with Gasteiger partial charge in [0.05, 0.1) is 6.10 Å². The zero-order valence-corrected chi connectivity index (χ0v) is 10.7. The molecule has 0 spiro atoms. The summed E-state index contributed by atoms with van der Waals surface area (Å²) in [4.78, 5) is 0. The number of aliphatic hydroxyl groups excluding tert-OH is 1. The lowest BCUT2D eigenvalue weighted by Gasteiger charge is -2.33. The average molecular weight is 212 g/mol. The van der Waals surface area contributed by atoms with E-state index in [2.05, 4.69) is 20.8 Å². The third-order valence-corrected chi connectivity index (χ3v) is 4.30. The van der Waals surface area contributed by atoms with Gasteiger partial charge >= 0.3 is 0 Å². The first-order valence-corrected chi connectivity index (χ1v) is 6.87. The van der Waals surface area contributed by atoms with Crippen molar-refractivity contribution >= 4 is 0 Å². The van der Waals surface area contributed by atoms with E-state index in [0.717, 1.165) is 12.3 Å². The van der Waals surface area contributed by atoms with Crippen molar-refractivity contribution < 1.29 is 5.11 Å². The average Bonchev–Trinajstić information content (AvgIpc) is 2.28. The minimum Gasteiger partial charge on any atom is -0.393 e. The molecule has 1 rings (SSSR count). The molecule has 0 aromatic heterocycles. The number of hydrogen-bond donors (Lipinski definition) is 1. The van der Waals surface area contributed by atoms with Gasteiger partial charge in [-0.1, -0.05) is 52.9 Å². The van der Waals surface area contributed by atoms with Gasteiger partial charge in [-0.3, -0.25) is 0 Å². The van der Waals surface area contributed by atoms with Gasteiger partial charge in [0.1, 0.15) is 0 Å². The van der Waals surface area contributed by atoms with Crippen molar-refractivity contribution in [2.45, 2.75) is 71.8 Å². The molecule has 1 fully saturated rings. The van der Waals surface area contributed by atoms with Crippen LogP contribution >= 0.6 is 0 Å². The summed E-state index contributed by atoms with van der Waals surface area (Å²) in [5.74, 6) is 2.03. The monoisotopic (exact) mass is 212 g/mol. The molecule has 0 bridgehead atoms. The summed E-state index contributed by atoms with van der Waals surface area (Å²) in [5, 5.41) is 10.2. The maximum Gasteiger partial charge on any atom is 0.0593 e. The van der Waals surface area contributed by atoms with Crippen LogP contribution in [-0.2, 0) is 0 Å². The zero-order valence-electron chi connectivity index (χ0n) is 10.7. The van der Waals surface area contributed by atoms with Gasteiger partial charge in [-0.25, -0.2) is 0 Å². The molecule has 0 radical (unpaired) electrons. The molecular weight excluding hydrogens is 184 g/mol. The van der Waals surface area contributed by atoms with Crippen molar-refractivity contribution in [2.75, 3.05) is 0 Å². The second kappa shape index (κ2) is 6.52. The zero-order chi connectivity index (χ0) is 11.3. The Morgan fingerprint density at radius 2 is 1.73 bits per heavy atom. The molecule has 1 N–H and O–H groups in total. The summed E-state index contributed by atoms with van der Waals surface area (Å²) in [6.45, 7) is 6.64. The van der Waals surface area contributed by atoms with Crippen LogP contribution in [0.4, 0.5) is 0 Å². The lowest BCUT2D eigenvalue weighted by Crippen LogP contribution is -2.30. The predicted octanol–water partition coefficient (Wildman–Crippen LogP) is 4.00. The molecule has 0 heterocycles. The van der Waals surface area contributed by atoms with Crippen molar-refractivity contribution in [3.63, 3.8) is 0 Å². The molecule has 1 saturated carbocycles. The van der Waals surface area contributed by atoms with Crippen LogP contribution in [0.5, 0.6) is 0 Å². The van der Waals surface area contributed by atoms with Crippen LogP contribution in [-0.4, -0.2) is 11.2 Å². The van der Waals surface area contributed by atoms with Crippen molar-refractivity contribution in [1.82, 2.24) is 0 Å². The topological polar surface area (TPSA) is 20.2 Å². The molecule has 15 heavy (non-hydrogen) atoms.